The zero-order valence-corrected chi connectivity index (χ0v) is 19.2. The Morgan fingerprint density at radius 2 is 1.34 bits per heavy atom. The molecule has 0 aliphatic carbocycles. The highest BCUT2D eigenvalue weighted by atomic mass is 35.5. The molecular weight excluding hydrogens is 474 g/mol. The molecule has 0 aliphatic rings. The van der Waals surface area contributed by atoms with E-state index >= 15 is 0 Å². The van der Waals surface area contributed by atoms with Crippen molar-refractivity contribution in [3.8, 4) is 11.5 Å². The highest BCUT2D eigenvalue weighted by Gasteiger charge is 2.12. The fraction of sp³-hybridized carbons (Fsp3) is 0.120. The minimum absolute atomic E-state index is 0.131. The highest BCUT2D eigenvalue weighted by molar-refractivity contribution is 6.30. The summed E-state index contributed by atoms with van der Waals surface area (Å²) in [6.45, 7) is -0.593. The molecule has 0 aliphatic heterocycles. The van der Waals surface area contributed by atoms with Crippen LogP contribution < -0.4 is 20.9 Å². The molecule has 0 heterocycles. The lowest BCUT2D eigenvalue weighted by Crippen LogP contribution is -2.43. The Bertz CT molecular complexity index is 1170. The van der Waals surface area contributed by atoms with Gasteiger partial charge >= 0.3 is 5.97 Å². The van der Waals surface area contributed by atoms with E-state index in [2.05, 4.69) is 16.2 Å². The van der Waals surface area contributed by atoms with Gasteiger partial charge in [0.25, 0.3) is 11.8 Å². The minimum Gasteiger partial charge on any atom is -0.457 e. The summed E-state index contributed by atoms with van der Waals surface area (Å²) in [5.41, 5.74) is 5.25. The fourth-order valence-electron chi connectivity index (χ4n) is 2.73. The van der Waals surface area contributed by atoms with E-state index in [-0.39, 0.29) is 12.8 Å². The predicted octanol–water partition coefficient (Wildman–Crippen LogP) is 3.86. The van der Waals surface area contributed by atoms with Crippen LogP contribution in [0.2, 0.25) is 5.02 Å². The second-order valence-corrected chi connectivity index (χ2v) is 7.59. The van der Waals surface area contributed by atoms with Gasteiger partial charge in [0.15, 0.2) is 6.61 Å². The topological polar surface area (TPSA) is 123 Å². The normalized spacial score (nSPS) is 10.1. The Morgan fingerprint density at radius 3 is 2.00 bits per heavy atom. The van der Waals surface area contributed by atoms with Crippen LogP contribution in [0.5, 0.6) is 11.5 Å². The maximum Gasteiger partial charge on any atom is 0.306 e. The van der Waals surface area contributed by atoms with Gasteiger partial charge in [0, 0.05) is 22.7 Å². The molecule has 3 rings (SSSR count). The number of halogens is 1. The Kier molecular flexibility index (Phi) is 9.21. The summed E-state index contributed by atoms with van der Waals surface area (Å²) in [6, 6.07) is 21.9. The number of nitrogens with one attached hydrogen (secondary N) is 3. The number of esters is 1. The van der Waals surface area contributed by atoms with Crippen LogP contribution in [0.1, 0.15) is 23.2 Å². The number of anilines is 1. The van der Waals surface area contributed by atoms with Gasteiger partial charge in [-0.15, -0.1) is 0 Å². The smallest absolute Gasteiger partial charge is 0.306 e. The third-order valence-electron chi connectivity index (χ3n) is 4.46. The van der Waals surface area contributed by atoms with Gasteiger partial charge in [0.05, 0.1) is 6.42 Å². The van der Waals surface area contributed by atoms with Crippen LogP contribution in [0.3, 0.4) is 0 Å². The number of hydrazine groups is 1. The lowest BCUT2D eigenvalue weighted by atomic mass is 10.2. The average Bonchev–Trinajstić information content (AvgIpc) is 2.87. The second kappa shape index (κ2) is 12.8. The Hall–Kier alpha value is -4.37. The number of rotatable bonds is 9. The quantitative estimate of drug-likeness (QED) is 0.306. The minimum atomic E-state index is -0.726. The molecule has 0 saturated heterocycles. The summed E-state index contributed by atoms with van der Waals surface area (Å²) < 4.78 is 10.5. The number of carbonyl (C=O) groups is 4. The number of ether oxygens (including phenoxy) is 2. The van der Waals surface area contributed by atoms with Gasteiger partial charge in [0.1, 0.15) is 11.5 Å². The molecule has 0 aromatic heterocycles. The second-order valence-electron chi connectivity index (χ2n) is 7.16. The molecule has 0 radical (unpaired) electrons. The van der Waals surface area contributed by atoms with Gasteiger partial charge in [0.2, 0.25) is 5.91 Å². The SMILES string of the molecule is O=C(COC(=O)CCC(=O)Nc1ccc(Oc2ccc(Cl)cc2)cc1)NNC(=O)c1ccccc1. The first-order chi connectivity index (χ1) is 16.9. The standard InChI is InChI=1S/C25H22ClN3O6/c26-18-6-10-20(11-7-18)35-21-12-8-19(9-13-21)27-22(30)14-15-24(32)34-16-23(31)28-29-25(33)17-4-2-1-3-5-17/h1-13H,14-16H2,(H,27,30)(H,28,31)(H,29,33). The molecular formula is C25H22ClN3O6. The van der Waals surface area contributed by atoms with E-state index in [4.69, 9.17) is 21.1 Å². The van der Waals surface area contributed by atoms with E-state index in [0.29, 0.717) is 27.8 Å². The van der Waals surface area contributed by atoms with E-state index in [1.165, 1.54) is 0 Å². The third-order valence-corrected chi connectivity index (χ3v) is 4.71. The van der Waals surface area contributed by atoms with Gasteiger partial charge in [-0.2, -0.15) is 0 Å². The molecule has 35 heavy (non-hydrogen) atoms. The van der Waals surface area contributed by atoms with Crippen LogP contribution >= 0.6 is 11.6 Å². The summed E-state index contributed by atoms with van der Waals surface area (Å²) in [4.78, 5) is 47.5. The number of hydrogen-bond donors (Lipinski definition) is 3. The summed E-state index contributed by atoms with van der Waals surface area (Å²) >= 11 is 5.85. The van der Waals surface area contributed by atoms with Crippen molar-refractivity contribution in [2.45, 2.75) is 12.8 Å². The molecule has 0 spiro atoms. The van der Waals surface area contributed by atoms with E-state index in [0.717, 1.165) is 0 Å². The highest BCUT2D eigenvalue weighted by Crippen LogP contribution is 2.24. The maximum atomic E-state index is 12.1. The molecule has 180 valence electrons. The van der Waals surface area contributed by atoms with Crippen molar-refractivity contribution in [2.24, 2.45) is 0 Å². The number of amides is 3. The molecule has 3 amide bonds. The van der Waals surface area contributed by atoms with Gasteiger partial charge in [-0.25, -0.2) is 0 Å². The molecule has 0 fully saturated rings. The number of benzene rings is 3. The largest absolute Gasteiger partial charge is 0.457 e. The number of hydrogen-bond acceptors (Lipinski definition) is 6. The van der Waals surface area contributed by atoms with Crippen LogP contribution in [-0.4, -0.2) is 30.3 Å². The fourth-order valence-corrected chi connectivity index (χ4v) is 2.85. The van der Waals surface area contributed by atoms with Crippen LogP contribution in [0.15, 0.2) is 78.9 Å². The summed E-state index contributed by atoms with van der Waals surface area (Å²) in [6.07, 6.45) is -0.346. The van der Waals surface area contributed by atoms with Crippen molar-refractivity contribution in [3.05, 3.63) is 89.4 Å². The lowest BCUT2D eigenvalue weighted by Gasteiger charge is -2.09. The van der Waals surface area contributed by atoms with E-state index in [9.17, 15) is 19.2 Å². The number of carbonyl (C=O) groups excluding carboxylic acids is 4. The van der Waals surface area contributed by atoms with Crippen molar-refractivity contribution >= 4 is 41.0 Å². The molecule has 9 nitrogen and oxygen atoms in total. The summed E-state index contributed by atoms with van der Waals surface area (Å²) in [5.74, 6) is -1.15. The molecule has 0 atom stereocenters. The van der Waals surface area contributed by atoms with E-state index < -0.39 is 30.3 Å². The first kappa shape index (κ1) is 25.3. The van der Waals surface area contributed by atoms with Crippen LogP contribution in [0, 0.1) is 0 Å². The van der Waals surface area contributed by atoms with Crippen molar-refractivity contribution < 1.29 is 28.7 Å². The van der Waals surface area contributed by atoms with Crippen LogP contribution in [0.25, 0.3) is 0 Å². The third kappa shape index (κ3) is 8.82. The summed E-state index contributed by atoms with van der Waals surface area (Å²) in [5, 5.41) is 3.27. The Labute approximate surface area is 206 Å². The monoisotopic (exact) mass is 495 g/mol. The Morgan fingerprint density at radius 1 is 0.714 bits per heavy atom. The Balaban J connectivity index is 1.32. The van der Waals surface area contributed by atoms with Crippen LogP contribution in [-0.2, 0) is 19.1 Å². The molecule has 10 heteroatoms. The van der Waals surface area contributed by atoms with Crippen molar-refractivity contribution in [3.63, 3.8) is 0 Å². The zero-order chi connectivity index (χ0) is 25.0. The van der Waals surface area contributed by atoms with Gasteiger partial charge in [-0.05, 0) is 60.7 Å². The lowest BCUT2D eigenvalue weighted by molar-refractivity contribution is -0.149. The average molecular weight is 496 g/mol. The zero-order valence-electron chi connectivity index (χ0n) is 18.5. The molecule has 3 N–H and O–H groups in total. The van der Waals surface area contributed by atoms with Crippen molar-refractivity contribution in [1.82, 2.24) is 10.9 Å². The van der Waals surface area contributed by atoms with Crippen LogP contribution in [0.4, 0.5) is 5.69 Å². The van der Waals surface area contributed by atoms with Gasteiger partial charge in [-0.3, -0.25) is 30.0 Å². The molecule has 3 aromatic carbocycles. The molecule has 3 aromatic rings. The first-order valence-corrected chi connectivity index (χ1v) is 10.9. The predicted molar refractivity (Wildman–Crippen MR) is 129 cm³/mol. The molecule has 0 saturated carbocycles. The van der Waals surface area contributed by atoms with E-state index in [1.807, 2.05) is 0 Å². The van der Waals surface area contributed by atoms with E-state index in [1.54, 1.807) is 78.9 Å². The molecule has 0 bridgehead atoms. The first-order valence-electron chi connectivity index (χ1n) is 10.5. The van der Waals surface area contributed by atoms with Gasteiger partial charge < -0.3 is 14.8 Å². The van der Waals surface area contributed by atoms with Crippen molar-refractivity contribution in [1.29, 1.82) is 0 Å². The van der Waals surface area contributed by atoms with Crippen molar-refractivity contribution in [2.75, 3.05) is 11.9 Å². The van der Waals surface area contributed by atoms with Gasteiger partial charge in [-0.1, -0.05) is 29.8 Å². The molecule has 0 unspecified atom stereocenters. The maximum absolute atomic E-state index is 12.1. The summed E-state index contributed by atoms with van der Waals surface area (Å²) in [7, 11) is 0.